The molecule has 2 N–H and O–H groups in total. The van der Waals surface area contributed by atoms with Crippen LogP contribution in [0.3, 0.4) is 0 Å². The van der Waals surface area contributed by atoms with Gasteiger partial charge in [0.15, 0.2) is 0 Å². The second kappa shape index (κ2) is 8.65. The number of amides is 1. The highest BCUT2D eigenvalue weighted by Crippen LogP contribution is 2.24. The summed E-state index contributed by atoms with van der Waals surface area (Å²) in [6.07, 6.45) is 3.62. The molecule has 1 unspecified atom stereocenters. The number of benzene rings is 1. The van der Waals surface area contributed by atoms with E-state index in [9.17, 15) is 4.79 Å². The van der Waals surface area contributed by atoms with Gasteiger partial charge in [-0.15, -0.1) is 0 Å². The zero-order valence-electron chi connectivity index (χ0n) is 13.4. The smallest absolute Gasteiger partial charge is 0.241 e. The van der Waals surface area contributed by atoms with E-state index < -0.39 is 0 Å². The highest BCUT2D eigenvalue weighted by molar-refractivity contribution is 9.10. The Bertz CT molecular complexity index is 487. The van der Waals surface area contributed by atoms with Gasteiger partial charge >= 0.3 is 0 Å². The molecule has 0 spiro atoms. The molecule has 1 amide bonds. The normalized spacial score (nSPS) is 18.1. The first-order chi connectivity index (χ1) is 10.6. The van der Waals surface area contributed by atoms with Crippen LogP contribution < -0.4 is 10.6 Å². The fourth-order valence-corrected chi connectivity index (χ4v) is 3.33. The summed E-state index contributed by atoms with van der Waals surface area (Å²) in [5.74, 6) is 0.864. The Morgan fingerprint density at radius 1 is 1.36 bits per heavy atom. The number of rotatable bonds is 6. The molecule has 0 radical (unpaired) electrons. The highest BCUT2D eigenvalue weighted by atomic mass is 79.9. The number of halogens is 1. The van der Waals surface area contributed by atoms with Crippen LogP contribution in [-0.2, 0) is 4.79 Å². The van der Waals surface area contributed by atoms with Crippen molar-refractivity contribution in [3.05, 3.63) is 28.7 Å². The molecule has 1 fully saturated rings. The van der Waals surface area contributed by atoms with Gasteiger partial charge in [-0.1, -0.05) is 12.1 Å². The third kappa shape index (κ3) is 4.80. The van der Waals surface area contributed by atoms with Gasteiger partial charge in [0.1, 0.15) is 0 Å². The molecule has 5 heteroatoms. The van der Waals surface area contributed by atoms with Gasteiger partial charge in [0, 0.05) is 4.47 Å². The van der Waals surface area contributed by atoms with Crippen molar-refractivity contribution in [3.8, 4) is 0 Å². The standard InChI is InChI=1S/C17H26BrN3O/c1-13(17(22)20-16-6-4-3-5-15(16)18)21-11-8-14(9-12-21)7-10-19-2/h3-6,13-14,19H,7-12H2,1-2H3,(H,20,22). The first-order valence-electron chi connectivity index (χ1n) is 8.06. The second-order valence-electron chi connectivity index (χ2n) is 6.02. The number of carbonyl (C=O) groups is 1. The maximum atomic E-state index is 12.4. The Morgan fingerprint density at radius 3 is 2.68 bits per heavy atom. The summed E-state index contributed by atoms with van der Waals surface area (Å²) >= 11 is 3.47. The van der Waals surface area contributed by atoms with E-state index in [0.717, 1.165) is 35.7 Å². The van der Waals surface area contributed by atoms with E-state index in [-0.39, 0.29) is 11.9 Å². The number of piperidine rings is 1. The van der Waals surface area contributed by atoms with Crippen molar-refractivity contribution in [2.75, 3.05) is 32.0 Å². The van der Waals surface area contributed by atoms with Crippen LogP contribution in [0.1, 0.15) is 26.2 Å². The van der Waals surface area contributed by atoms with E-state index in [1.807, 2.05) is 38.2 Å². The van der Waals surface area contributed by atoms with Crippen LogP contribution in [0.15, 0.2) is 28.7 Å². The summed E-state index contributed by atoms with van der Waals surface area (Å²) < 4.78 is 0.918. The quantitative estimate of drug-likeness (QED) is 0.811. The first kappa shape index (κ1) is 17.4. The summed E-state index contributed by atoms with van der Waals surface area (Å²) in [5.41, 5.74) is 0.836. The average Bonchev–Trinajstić information content (AvgIpc) is 2.55. The minimum atomic E-state index is -0.0858. The predicted octanol–water partition coefficient (Wildman–Crippen LogP) is 3.10. The minimum absolute atomic E-state index is 0.0700. The molecule has 0 aliphatic carbocycles. The van der Waals surface area contributed by atoms with Crippen LogP contribution in [-0.4, -0.2) is 43.5 Å². The highest BCUT2D eigenvalue weighted by Gasteiger charge is 2.26. The monoisotopic (exact) mass is 367 g/mol. The van der Waals surface area contributed by atoms with Crippen molar-refractivity contribution < 1.29 is 4.79 Å². The zero-order chi connectivity index (χ0) is 15.9. The number of nitrogens with one attached hydrogen (secondary N) is 2. The maximum Gasteiger partial charge on any atom is 0.241 e. The molecule has 0 bridgehead atoms. The Hall–Kier alpha value is -0.910. The first-order valence-corrected chi connectivity index (χ1v) is 8.85. The summed E-state index contributed by atoms with van der Waals surface area (Å²) in [5, 5.41) is 6.23. The molecule has 22 heavy (non-hydrogen) atoms. The minimum Gasteiger partial charge on any atom is -0.324 e. The van der Waals surface area contributed by atoms with Crippen molar-refractivity contribution in [1.29, 1.82) is 0 Å². The van der Waals surface area contributed by atoms with Gasteiger partial charge in [-0.05, 0) is 86.8 Å². The molecule has 2 rings (SSSR count). The van der Waals surface area contributed by atoms with Gasteiger partial charge in [-0.25, -0.2) is 0 Å². The van der Waals surface area contributed by atoms with Crippen molar-refractivity contribution in [2.24, 2.45) is 5.92 Å². The molecule has 122 valence electrons. The lowest BCUT2D eigenvalue weighted by molar-refractivity contribution is -0.121. The fourth-order valence-electron chi connectivity index (χ4n) is 2.94. The van der Waals surface area contributed by atoms with Crippen molar-refractivity contribution in [2.45, 2.75) is 32.2 Å². The predicted molar refractivity (Wildman–Crippen MR) is 95.1 cm³/mol. The molecule has 1 aromatic carbocycles. The third-order valence-electron chi connectivity index (χ3n) is 4.51. The van der Waals surface area contributed by atoms with Crippen LogP contribution in [0.4, 0.5) is 5.69 Å². The summed E-state index contributed by atoms with van der Waals surface area (Å²) in [6, 6.07) is 7.64. The number of para-hydroxylation sites is 1. The molecule has 1 saturated heterocycles. The SMILES string of the molecule is CNCCC1CCN(C(C)C(=O)Nc2ccccc2Br)CC1. The van der Waals surface area contributed by atoms with Gasteiger partial charge in [-0.2, -0.15) is 0 Å². The Labute approximate surface area is 141 Å². The second-order valence-corrected chi connectivity index (χ2v) is 6.87. The molecule has 1 aliphatic rings. The van der Waals surface area contributed by atoms with Gasteiger partial charge in [0.25, 0.3) is 0 Å². The van der Waals surface area contributed by atoms with Crippen LogP contribution in [0.5, 0.6) is 0 Å². The Balaban J connectivity index is 1.83. The van der Waals surface area contributed by atoms with Gasteiger partial charge in [0.2, 0.25) is 5.91 Å². The van der Waals surface area contributed by atoms with Crippen molar-refractivity contribution in [3.63, 3.8) is 0 Å². The average molecular weight is 368 g/mol. The van der Waals surface area contributed by atoms with Crippen LogP contribution in [0.25, 0.3) is 0 Å². The molecule has 1 aromatic rings. The number of anilines is 1. The lowest BCUT2D eigenvalue weighted by Gasteiger charge is -2.35. The van der Waals surface area contributed by atoms with Crippen molar-refractivity contribution >= 4 is 27.5 Å². The van der Waals surface area contributed by atoms with E-state index in [2.05, 4.69) is 31.5 Å². The lowest BCUT2D eigenvalue weighted by Crippen LogP contribution is -2.46. The summed E-state index contributed by atoms with van der Waals surface area (Å²) in [7, 11) is 2.00. The Morgan fingerprint density at radius 2 is 2.05 bits per heavy atom. The number of hydrogen-bond donors (Lipinski definition) is 2. The molecule has 1 aliphatic heterocycles. The molecule has 4 nitrogen and oxygen atoms in total. The number of nitrogens with zero attached hydrogens (tertiary/aromatic N) is 1. The number of carbonyl (C=O) groups excluding carboxylic acids is 1. The molecule has 1 heterocycles. The third-order valence-corrected chi connectivity index (χ3v) is 5.20. The van der Waals surface area contributed by atoms with E-state index in [1.54, 1.807) is 0 Å². The van der Waals surface area contributed by atoms with Crippen molar-refractivity contribution in [1.82, 2.24) is 10.2 Å². The van der Waals surface area contributed by atoms with Gasteiger partial charge in [0.05, 0.1) is 11.7 Å². The molecule has 1 atom stereocenters. The largest absolute Gasteiger partial charge is 0.324 e. The summed E-state index contributed by atoms with van der Waals surface area (Å²) in [6.45, 7) is 5.11. The van der Waals surface area contributed by atoms with Crippen LogP contribution >= 0.6 is 15.9 Å². The molecular formula is C17H26BrN3O. The summed E-state index contributed by atoms with van der Waals surface area (Å²) in [4.78, 5) is 14.7. The van der Waals surface area contributed by atoms with E-state index in [1.165, 1.54) is 19.3 Å². The topological polar surface area (TPSA) is 44.4 Å². The zero-order valence-corrected chi connectivity index (χ0v) is 15.0. The van der Waals surface area contributed by atoms with Gasteiger partial charge in [-0.3, -0.25) is 9.69 Å². The van der Waals surface area contributed by atoms with E-state index >= 15 is 0 Å². The molecule has 0 aromatic heterocycles. The molecular weight excluding hydrogens is 342 g/mol. The molecule has 0 saturated carbocycles. The van der Waals surface area contributed by atoms with Gasteiger partial charge < -0.3 is 10.6 Å². The number of hydrogen-bond acceptors (Lipinski definition) is 3. The Kier molecular flexibility index (Phi) is 6.86. The van der Waals surface area contributed by atoms with E-state index in [0.29, 0.717) is 0 Å². The number of likely N-dealkylation sites (tertiary alicyclic amines) is 1. The lowest BCUT2D eigenvalue weighted by atomic mass is 9.93. The van der Waals surface area contributed by atoms with E-state index in [4.69, 9.17) is 0 Å². The van der Waals surface area contributed by atoms with Crippen LogP contribution in [0.2, 0.25) is 0 Å². The van der Waals surface area contributed by atoms with Crippen LogP contribution in [0, 0.1) is 5.92 Å². The maximum absolute atomic E-state index is 12.4. The fraction of sp³-hybridized carbons (Fsp3) is 0.588.